The predicted octanol–water partition coefficient (Wildman–Crippen LogP) is 3.40. The molecule has 0 saturated carbocycles. The van der Waals surface area contributed by atoms with Gasteiger partial charge in [-0.25, -0.2) is 0 Å². The third-order valence-electron chi connectivity index (χ3n) is 2.40. The van der Waals surface area contributed by atoms with Gasteiger partial charge >= 0.3 is 0 Å². The Morgan fingerprint density at radius 3 is 2.57 bits per heavy atom. The Kier molecular flexibility index (Phi) is 4.24. The zero-order chi connectivity index (χ0) is 10.4. The lowest BCUT2D eigenvalue weighted by molar-refractivity contribution is 0.900. The van der Waals surface area contributed by atoms with E-state index in [1.807, 2.05) is 0 Å². The topological polar surface area (TPSA) is 3.24 Å². The monoisotopic (exact) mass is 189 g/mol. The smallest absolute Gasteiger partial charge is 0.0398 e. The highest BCUT2D eigenvalue weighted by molar-refractivity contribution is 5.53. The molecule has 0 spiro atoms. The molecule has 0 aliphatic carbocycles. The van der Waals surface area contributed by atoms with Crippen LogP contribution in [0.3, 0.4) is 0 Å². The van der Waals surface area contributed by atoms with Gasteiger partial charge in [0, 0.05) is 18.8 Å². The van der Waals surface area contributed by atoms with Gasteiger partial charge in [-0.2, -0.15) is 0 Å². The summed E-state index contributed by atoms with van der Waals surface area (Å²) in [6, 6.07) is 8.53. The zero-order valence-corrected chi connectivity index (χ0v) is 9.33. The number of para-hydroxylation sites is 1. The molecule has 0 radical (unpaired) electrons. The molecule has 0 heterocycles. The molecular formula is C13H19N. The fraction of sp³-hybridized carbons (Fsp3) is 0.385. The molecule has 76 valence electrons. The summed E-state index contributed by atoms with van der Waals surface area (Å²) in [6.45, 7) is 8.46. The minimum Gasteiger partial charge on any atom is -0.368 e. The van der Waals surface area contributed by atoms with Crippen LogP contribution in [0.15, 0.2) is 36.4 Å². The van der Waals surface area contributed by atoms with Crippen molar-refractivity contribution in [2.75, 3.05) is 18.0 Å². The molecule has 0 N–H and O–H groups in total. The Hall–Kier alpha value is -1.24. The number of likely N-dealkylation sites (N-methyl/N-ethyl adjacent to an activating group) is 1. The molecule has 0 atom stereocenters. The van der Waals surface area contributed by atoms with Crippen LogP contribution in [0.4, 0.5) is 5.69 Å². The van der Waals surface area contributed by atoms with E-state index in [9.17, 15) is 0 Å². The molecule has 0 fully saturated rings. The van der Waals surface area contributed by atoms with Gasteiger partial charge in [-0.3, -0.25) is 0 Å². The summed E-state index contributed by atoms with van der Waals surface area (Å²) in [4.78, 5) is 2.37. The predicted molar refractivity (Wildman–Crippen MR) is 63.9 cm³/mol. The first kappa shape index (κ1) is 10.8. The molecule has 0 aliphatic rings. The summed E-state index contributed by atoms with van der Waals surface area (Å²) >= 11 is 0. The van der Waals surface area contributed by atoms with Crippen LogP contribution in [0.25, 0.3) is 0 Å². The Morgan fingerprint density at radius 2 is 2.00 bits per heavy atom. The Morgan fingerprint density at radius 1 is 1.29 bits per heavy atom. The molecule has 1 rings (SSSR count). The van der Waals surface area contributed by atoms with Crippen molar-refractivity contribution in [1.82, 2.24) is 0 Å². The normalized spacial score (nSPS) is 10.8. The van der Waals surface area contributed by atoms with E-state index in [1.165, 1.54) is 11.3 Å². The van der Waals surface area contributed by atoms with Crippen molar-refractivity contribution in [3.63, 3.8) is 0 Å². The molecule has 1 aromatic carbocycles. The van der Waals surface area contributed by atoms with E-state index >= 15 is 0 Å². The van der Waals surface area contributed by atoms with Crippen LogP contribution in [0.2, 0.25) is 0 Å². The molecule has 0 bridgehead atoms. The van der Waals surface area contributed by atoms with Crippen LogP contribution in [-0.4, -0.2) is 13.1 Å². The van der Waals surface area contributed by atoms with Crippen molar-refractivity contribution in [2.45, 2.75) is 20.8 Å². The third kappa shape index (κ3) is 2.63. The first-order chi connectivity index (χ1) is 6.79. The van der Waals surface area contributed by atoms with E-state index < -0.39 is 0 Å². The second-order valence-corrected chi connectivity index (χ2v) is 3.39. The highest BCUT2D eigenvalue weighted by atomic mass is 15.1. The molecule has 1 aromatic rings. The molecule has 14 heavy (non-hydrogen) atoms. The SMILES string of the molecule is C/C=C/CN(CC)c1ccccc1C. The summed E-state index contributed by atoms with van der Waals surface area (Å²) in [5, 5.41) is 0. The van der Waals surface area contributed by atoms with E-state index in [-0.39, 0.29) is 0 Å². The lowest BCUT2D eigenvalue weighted by Crippen LogP contribution is -2.23. The maximum Gasteiger partial charge on any atom is 0.0398 e. The van der Waals surface area contributed by atoms with E-state index in [2.05, 4.69) is 62.1 Å². The number of rotatable bonds is 4. The summed E-state index contributed by atoms with van der Waals surface area (Å²) in [7, 11) is 0. The molecule has 0 aromatic heterocycles. The molecule has 1 heteroatoms. The van der Waals surface area contributed by atoms with Gasteiger partial charge in [0.1, 0.15) is 0 Å². The van der Waals surface area contributed by atoms with Gasteiger partial charge in [0.05, 0.1) is 0 Å². The largest absolute Gasteiger partial charge is 0.368 e. The van der Waals surface area contributed by atoms with E-state index in [0.29, 0.717) is 0 Å². The summed E-state index contributed by atoms with van der Waals surface area (Å²) in [5.74, 6) is 0. The number of nitrogens with zero attached hydrogens (tertiary/aromatic N) is 1. The fourth-order valence-corrected chi connectivity index (χ4v) is 1.55. The van der Waals surface area contributed by atoms with Crippen LogP contribution in [0.1, 0.15) is 19.4 Å². The number of benzene rings is 1. The first-order valence-electron chi connectivity index (χ1n) is 5.21. The Labute approximate surface area is 87.1 Å². The highest BCUT2D eigenvalue weighted by Gasteiger charge is 2.03. The highest BCUT2D eigenvalue weighted by Crippen LogP contribution is 2.18. The van der Waals surface area contributed by atoms with Gasteiger partial charge < -0.3 is 4.90 Å². The van der Waals surface area contributed by atoms with Crippen molar-refractivity contribution < 1.29 is 0 Å². The minimum atomic E-state index is 0.998. The van der Waals surface area contributed by atoms with Gasteiger partial charge in [0.25, 0.3) is 0 Å². The maximum atomic E-state index is 2.37. The maximum absolute atomic E-state index is 2.37. The molecule has 0 saturated heterocycles. The third-order valence-corrected chi connectivity index (χ3v) is 2.40. The molecule has 0 unspecified atom stereocenters. The average Bonchev–Trinajstić information content (AvgIpc) is 2.21. The van der Waals surface area contributed by atoms with Crippen molar-refractivity contribution in [3.8, 4) is 0 Å². The van der Waals surface area contributed by atoms with E-state index in [4.69, 9.17) is 0 Å². The van der Waals surface area contributed by atoms with Crippen LogP contribution in [0.5, 0.6) is 0 Å². The number of allylic oxidation sites excluding steroid dienone is 1. The summed E-state index contributed by atoms with van der Waals surface area (Å²) in [5.41, 5.74) is 2.69. The summed E-state index contributed by atoms with van der Waals surface area (Å²) in [6.07, 6.45) is 4.29. The second-order valence-electron chi connectivity index (χ2n) is 3.39. The van der Waals surface area contributed by atoms with Gasteiger partial charge in [-0.15, -0.1) is 0 Å². The van der Waals surface area contributed by atoms with Gasteiger partial charge in [-0.05, 0) is 32.4 Å². The number of hydrogen-bond acceptors (Lipinski definition) is 1. The van der Waals surface area contributed by atoms with Gasteiger partial charge in [0.15, 0.2) is 0 Å². The first-order valence-corrected chi connectivity index (χ1v) is 5.21. The van der Waals surface area contributed by atoms with Crippen LogP contribution < -0.4 is 4.90 Å². The number of hydrogen-bond donors (Lipinski definition) is 0. The number of anilines is 1. The second kappa shape index (κ2) is 5.48. The Balaban J connectivity index is 2.83. The van der Waals surface area contributed by atoms with Crippen molar-refractivity contribution in [2.24, 2.45) is 0 Å². The van der Waals surface area contributed by atoms with Crippen LogP contribution in [-0.2, 0) is 0 Å². The molecule has 0 aliphatic heterocycles. The van der Waals surface area contributed by atoms with E-state index in [0.717, 1.165) is 13.1 Å². The van der Waals surface area contributed by atoms with Crippen molar-refractivity contribution in [1.29, 1.82) is 0 Å². The number of aryl methyl sites for hydroxylation is 1. The minimum absolute atomic E-state index is 0.998. The average molecular weight is 189 g/mol. The lowest BCUT2D eigenvalue weighted by atomic mass is 10.2. The van der Waals surface area contributed by atoms with Crippen LogP contribution >= 0.6 is 0 Å². The van der Waals surface area contributed by atoms with Gasteiger partial charge in [0.2, 0.25) is 0 Å². The van der Waals surface area contributed by atoms with Crippen molar-refractivity contribution in [3.05, 3.63) is 42.0 Å². The molecular weight excluding hydrogens is 170 g/mol. The fourth-order valence-electron chi connectivity index (χ4n) is 1.55. The quantitative estimate of drug-likeness (QED) is 0.656. The van der Waals surface area contributed by atoms with Crippen LogP contribution in [0, 0.1) is 6.92 Å². The summed E-state index contributed by atoms with van der Waals surface area (Å²) < 4.78 is 0. The van der Waals surface area contributed by atoms with Crippen molar-refractivity contribution >= 4 is 5.69 Å². The zero-order valence-electron chi connectivity index (χ0n) is 9.33. The lowest BCUT2D eigenvalue weighted by Gasteiger charge is -2.23. The Bertz CT molecular complexity index is 302. The standard InChI is InChI=1S/C13H19N/c1-4-6-11-14(5-2)13-10-8-7-9-12(13)3/h4,6-10H,5,11H2,1-3H3/b6-4+. The van der Waals surface area contributed by atoms with E-state index in [1.54, 1.807) is 0 Å². The molecule has 0 amide bonds. The van der Waals surface area contributed by atoms with Gasteiger partial charge in [-0.1, -0.05) is 30.4 Å². The molecule has 1 nitrogen and oxygen atoms in total.